The van der Waals surface area contributed by atoms with Crippen LogP contribution in [0.15, 0.2) is 54.7 Å². The zero-order chi connectivity index (χ0) is 19.5. The number of carbonyl (C=O) groups is 1. The van der Waals surface area contributed by atoms with Gasteiger partial charge < -0.3 is 20.1 Å². The number of rotatable bonds is 5. The number of ether oxygens (including phenoxy) is 2. The molecule has 0 unspecified atom stereocenters. The molecule has 0 spiro atoms. The molecular weight excluding hydrogens is 354 g/mol. The first-order chi connectivity index (χ1) is 13.6. The van der Waals surface area contributed by atoms with Crippen molar-refractivity contribution in [1.29, 1.82) is 0 Å². The molecule has 0 fully saturated rings. The summed E-state index contributed by atoms with van der Waals surface area (Å²) in [5.41, 5.74) is 5.50. The molecule has 1 aromatic heterocycles. The van der Waals surface area contributed by atoms with Crippen molar-refractivity contribution in [3.63, 3.8) is 0 Å². The average molecular weight is 375 g/mol. The summed E-state index contributed by atoms with van der Waals surface area (Å²) in [4.78, 5) is 16.7. The van der Waals surface area contributed by atoms with E-state index in [-0.39, 0.29) is 12.7 Å². The Morgan fingerprint density at radius 3 is 2.82 bits per heavy atom. The van der Waals surface area contributed by atoms with Crippen molar-refractivity contribution in [2.24, 2.45) is 0 Å². The zero-order valence-electron chi connectivity index (χ0n) is 15.8. The number of anilines is 2. The van der Waals surface area contributed by atoms with Gasteiger partial charge in [0.25, 0.3) is 5.91 Å². The predicted molar refractivity (Wildman–Crippen MR) is 107 cm³/mol. The number of hydrogen-bond donors (Lipinski definition) is 2. The molecule has 0 saturated carbocycles. The molecule has 1 amide bonds. The van der Waals surface area contributed by atoms with Crippen LogP contribution in [0.5, 0.6) is 11.5 Å². The smallest absolute Gasteiger partial charge is 0.270 e. The zero-order valence-corrected chi connectivity index (χ0v) is 15.8. The lowest BCUT2D eigenvalue weighted by atomic mass is 10.1. The highest BCUT2D eigenvalue weighted by atomic mass is 16.7. The molecule has 0 radical (unpaired) electrons. The summed E-state index contributed by atoms with van der Waals surface area (Å²) in [5.74, 6) is 1.19. The Kier molecular flexibility index (Phi) is 4.85. The fourth-order valence-corrected chi connectivity index (χ4v) is 3.00. The maximum atomic E-state index is 12.5. The van der Waals surface area contributed by atoms with Gasteiger partial charge in [-0.05, 0) is 60.9 Å². The lowest BCUT2D eigenvalue weighted by Gasteiger charge is -2.12. The second-order valence-corrected chi connectivity index (χ2v) is 6.67. The molecule has 142 valence electrons. The fourth-order valence-electron chi connectivity index (χ4n) is 3.00. The Balaban J connectivity index is 1.43. The van der Waals surface area contributed by atoms with Crippen LogP contribution >= 0.6 is 0 Å². The second-order valence-electron chi connectivity index (χ2n) is 6.67. The van der Waals surface area contributed by atoms with E-state index in [0.29, 0.717) is 18.0 Å². The van der Waals surface area contributed by atoms with Crippen molar-refractivity contribution in [3.05, 3.63) is 77.1 Å². The molecule has 4 rings (SSSR count). The molecule has 6 nitrogen and oxygen atoms in total. The topological polar surface area (TPSA) is 72.5 Å². The van der Waals surface area contributed by atoms with Gasteiger partial charge in [0.05, 0.1) is 0 Å². The van der Waals surface area contributed by atoms with Crippen LogP contribution in [0.4, 0.5) is 11.4 Å². The van der Waals surface area contributed by atoms with Crippen LogP contribution < -0.4 is 20.1 Å². The van der Waals surface area contributed by atoms with Crippen molar-refractivity contribution < 1.29 is 14.3 Å². The van der Waals surface area contributed by atoms with Crippen LogP contribution in [0.3, 0.4) is 0 Å². The first-order valence-corrected chi connectivity index (χ1v) is 9.06. The van der Waals surface area contributed by atoms with Gasteiger partial charge in [-0.3, -0.25) is 9.78 Å². The van der Waals surface area contributed by atoms with E-state index in [1.807, 2.05) is 36.4 Å². The van der Waals surface area contributed by atoms with E-state index >= 15 is 0 Å². The number of carbonyl (C=O) groups excluding carboxylic acids is 1. The van der Waals surface area contributed by atoms with E-state index < -0.39 is 0 Å². The number of benzene rings is 2. The number of pyridine rings is 1. The Morgan fingerprint density at radius 2 is 1.93 bits per heavy atom. The minimum atomic E-state index is -0.234. The third-order valence-corrected chi connectivity index (χ3v) is 4.77. The first kappa shape index (κ1) is 17.9. The van der Waals surface area contributed by atoms with Crippen LogP contribution in [-0.2, 0) is 6.54 Å². The van der Waals surface area contributed by atoms with E-state index in [4.69, 9.17) is 9.47 Å². The third kappa shape index (κ3) is 3.76. The summed E-state index contributed by atoms with van der Waals surface area (Å²) in [5, 5.41) is 6.25. The number of aromatic nitrogens is 1. The number of nitrogens with one attached hydrogen (secondary N) is 2. The molecule has 28 heavy (non-hydrogen) atoms. The van der Waals surface area contributed by atoms with Gasteiger partial charge in [-0.2, -0.15) is 0 Å². The number of aryl methyl sites for hydroxylation is 1. The molecule has 0 aliphatic carbocycles. The molecule has 2 N–H and O–H groups in total. The summed E-state index contributed by atoms with van der Waals surface area (Å²) in [6.45, 7) is 4.75. The standard InChI is InChI=1S/C22H21N3O3/c1-14-4-3-5-18(15(14)2)25-17-8-9-23-19(11-17)22(26)24-12-16-6-7-20-21(10-16)28-13-27-20/h3-11H,12-13H2,1-2H3,(H,23,25)(H,24,26). The SMILES string of the molecule is Cc1cccc(Nc2ccnc(C(=O)NCc3ccc4c(c3)OCO4)c2)c1C. The highest BCUT2D eigenvalue weighted by Gasteiger charge is 2.14. The Labute approximate surface area is 163 Å². The normalized spacial score (nSPS) is 11.9. The van der Waals surface area contributed by atoms with Crippen LogP contribution in [0.25, 0.3) is 0 Å². The molecule has 2 aromatic carbocycles. The van der Waals surface area contributed by atoms with E-state index in [9.17, 15) is 4.79 Å². The highest BCUT2D eigenvalue weighted by molar-refractivity contribution is 5.93. The summed E-state index contributed by atoms with van der Waals surface area (Å²) >= 11 is 0. The highest BCUT2D eigenvalue weighted by Crippen LogP contribution is 2.32. The molecule has 0 saturated heterocycles. The Bertz CT molecular complexity index is 1030. The van der Waals surface area contributed by atoms with Crippen LogP contribution in [-0.4, -0.2) is 17.7 Å². The average Bonchev–Trinajstić information content (AvgIpc) is 3.18. The van der Waals surface area contributed by atoms with Gasteiger partial charge in [0.2, 0.25) is 6.79 Å². The minimum absolute atomic E-state index is 0.231. The van der Waals surface area contributed by atoms with Gasteiger partial charge in [0.1, 0.15) is 5.69 Å². The lowest BCUT2D eigenvalue weighted by molar-refractivity contribution is 0.0946. The van der Waals surface area contributed by atoms with Gasteiger partial charge in [-0.15, -0.1) is 0 Å². The van der Waals surface area contributed by atoms with Gasteiger partial charge >= 0.3 is 0 Å². The lowest BCUT2D eigenvalue weighted by Crippen LogP contribution is -2.23. The van der Waals surface area contributed by atoms with Crippen LogP contribution in [0, 0.1) is 13.8 Å². The molecule has 3 aromatic rings. The number of hydrogen-bond acceptors (Lipinski definition) is 5. The van der Waals surface area contributed by atoms with Gasteiger partial charge in [0, 0.05) is 24.1 Å². The van der Waals surface area contributed by atoms with Crippen molar-refractivity contribution in [1.82, 2.24) is 10.3 Å². The molecule has 1 aliphatic heterocycles. The predicted octanol–water partition coefficient (Wildman–Crippen LogP) is 4.10. The number of nitrogens with zero attached hydrogens (tertiary/aromatic N) is 1. The molecular formula is C22H21N3O3. The van der Waals surface area contributed by atoms with Crippen molar-refractivity contribution in [3.8, 4) is 11.5 Å². The molecule has 0 atom stereocenters. The Morgan fingerprint density at radius 1 is 1.07 bits per heavy atom. The monoisotopic (exact) mass is 375 g/mol. The van der Waals surface area contributed by atoms with E-state index in [2.05, 4.69) is 35.5 Å². The van der Waals surface area contributed by atoms with Gasteiger partial charge in [-0.25, -0.2) is 0 Å². The number of fused-ring (bicyclic) bond motifs is 1. The Hall–Kier alpha value is -3.54. The van der Waals surface area contributed by atoms with Gasteiger partial charge in [-0.1, -0.05) is 18.2 Å². The quantitative estimate of drug-likeness (QED) is 0.702. The molecule has 2 heterocycles. The summed E-state index contributed by atoms with van der Waals surface area (Å²) in [7, 11) is 0. The molecule has 1 aliphatic rings. The van der Waals surface area contributed by atoms with Crippen LogP contribution in [0.2, 0.25) is 0 Å². The maximum Gasteiger partial charge on any atom is 0.270 e. The second kappa shape index (κ2) is 7.60. The van der Waals surface area contributed by atoms with E-state index in [0.717, 1.165) is 22.7 Å². The third-order valence-electron chi connectivity index (χ3n) is 4.77. The summed E-state index contributed by atoms with van der Waals surface area (Å²) < 4.78 is 10.7. The fraction of sp³-hybridized carbons (Fsp3) is 0.182. The maximum absolute atomic E-state index is 12.5. The number of amides is 1. The molecule has 0 bridgehead atoms. The van der Waals surface area contributed by atoms with Crippen molar-refractivity contribution >= 4 is 17.3 Å². The van der Waals surface area contributed by atoms with Crippen LogP contribution in [0.1, 0.15) is 27.2 Å². The van der Waals surface area contributed by atoms with E-state index in [1.54, 1.807) is 12.3 Å². The van der Waals surface area contributed by atoms with E-state index in [1.165, 1.54) is 11.1 Å². The van der Waals surface area contributed by atoms with Crippen molar-refractivity contribution in [2.45, 2.75) is 20.4 Å². The summed E-state index contributed by atoms with van der Waals surface area (Å²) in [6.07, 6.45) is 1.63. The van der Waals surface area contributed by atoms with Gasteiger partial charge in [0.15, 0.2) is 11.5 Å². The van der Waals surface area contributed by atoms with Crippen molar-refractivity contribution in [2.75, 3.05) is 12.1 Å². The molecule has 6 heteroatoms. The first-order valence-electron chi connectivity index (χ1n) is 9.06. The minimum Gasteiger partial charge on any atom is -0.454 e. The summed E-state index contributed by atoms with van der Waals surface area (Å²) in [6, 6.07) is 15.3. The largest absolute Gasteiger partial charge is 0.454 e.